The zero-order chi connectivity index (χ0) is 14.8. The zero-order valence-electron chi connectivity index (χ0n) is 11.4. The number of benzene rings is 1. The molecule has 0 amide bonds. The van der Waals surface area contributed by atoms with E-state index in [1.54, 1.807) is 11.9 Å². The Morgan fingerprint density at radius 3 is 2.70 bits per heavy atom. The maximum Gasteiger partial charge on any atom is 0.149 e. The highest BCUT2D eigenvalue weighted by atomic mass is 32.2. The summed E-state index contributed by atoms with van der Waals surface area (Å²) in [6.45, 7) is 0.335. The van der Waals surface area contributed by atoms with Crippen LogP contribution in [-0.2, 0) is 9.84 Å². The van der Waals surface area contributed by atoms with Crippen molar-refractivity contribution >= 4 is 26.4 Å². The van der Waals surface area contributed by atoms with E-state index in [4.69, 9.17) is 0 Å². The third-order valence-corrected chi connectivity index (χ3v) is 3.97. The van der Waals surface area contributed by atoms with Crippen molar-refractivity contribution in [1.82, 2.24) is 4.98 Å². The molecule has 0 atom stereocenters. The fourth-order valence-corrected chi connectivity index (χ4v) is 2.64. The normalized spacial score (nSPS) is 11.2. The lowest BCUT2D eigenvalue weighted by molar-refractivity contribution is 0.601. The number of rotatable bonds is 4. The van der Waals surface area contributed by atoms with E-state index in [0.717, 1.165) is 16.6 Å². The predicted octanol–water partition coefficient (Wildman–Crippen LogP) is 1.59. The molecule has 0 spiro atoms. The minimum absolute atomic E-state index is 0.0466. The molecule has 1 aromatic carbocycles. The van der Waals surface area contributed by atoms with Crippen molar-refractivity contribution in [2.75, 3.05) is 30.5 Å². The SMILES string of the molecule is CN(CCS(C)(=O)=O)c1c(C#N)cnc2ccccc12. The summed E-state index contributed by atoms with van der Waals surface area (Å²) in [7, 11) is -1.25. The fraction of sp³-hybridized carbons (Fsp3) is 0.286. The average molecular weight is 289 g/mol. The number of hydrogen-bond donors (Lipinski definition) is 0. The number of sulfone groups is 1. The molecule has 104 valence electrons. The van der Waals surface area contributed by atoms with Crippen LogP contribution < -0.4 is 4.90 Å². The fourth-order valence-electron chi connectivity index (χ4n) is 2.03. The van der Waals surface area contributed by atoms with E-state index >= 15 is 0 Å². The van der Waals surface area contributed by atoms with Gasteiger partial charge in [0.15, 0.2) is 0 Å². The molecule has 2 rings (SSSR count). The first-order valence-electron chi connectivity index (χ1n) is 6.09. The quantitative estimate of drug-likeness (QED) is 0.854. The Bertz CT molecular complexity index is 779. The highest BCUT2D eigenvalue weighted by Gasteiger charge is 2.14. The van der Waals surface area contributed by atoms with Crippen molar-refractivity contribution in [3.63, 3.8) is 0 Å². The van der Waals surface area contributed by atoms with Crippen LogP contribution in [0, 0.1) is 11.3 Å². The molecule has 1 aromatic heterocycles. The predicted molar refractivity (Wildman–Crippen MR) is 79.4 cm³/mol. The van der Waals surface area contributed by atoms with Crippen LogP contribution in [-0.4, -0.2) is 39.0 Å². The molecule has 0 saturated carbocycles. The van der Waals surface area contributed by atoms with Gasteiger partial charge in [-0.25, -0.2) is 8.42 Å². The number of pyridine rings is 1. The molecule has 0 bridgehead atoms. The van der Waals surface area contributed by atoms with Crippen LogP contribution in [0.1, 0.15) is 5.56 Å². The van der Waals surface area contributed by atoms with Gasteiger partial charge < -0.3 is 4.90 Å². The van der Waals surface area contributed by atoms with Gasteiger partial charge in [-0.2, -0.15) is 5.26 Å². The number of para-hydroxylation sites is 1. The standard InChI is InChI=1S/C14H15N3O2S/c1-17(7-8-20(2,18)19)14-11(9-15)10-16-13-6-4-3-5-12(13)14/h3-6,10H,7-8H2,1-2H3. The second-order valence-corrected chi connectivity index (χ2v) is 6.96. The lowest BCUT2D eigenvalue weighted by Gasteiger charge is -2.21. The second kappa shape index (κ2) is 5.47. The minimum atomic E-state index is -3.04. The zero-order valence-corrected chi connectivity index (χ0v) is 12.2. The van der Waals surface area contributed by atoms with E-state index in [-0.39, 0.29) is 5.75 Å². The molecule has 0 N–H and O–H groups in total. The molecule has 0 fully saturated rings. The first kappa shape index (κ1) is 14.3. The largest absolute Gasteiger partial charge is 0.372 e. The van der Waals surface area contributed by atoms with E-state index in [1.165, 1.54) is 12.5 Å². The summed E-state index contributed by atoms with van der Waals surface area (Å²) in [5, 5.41) is 10.1. The molecule has 20 heavy (non-hydrogen) atoms. The van der Waals surface area contributed by atoms with Crippen LogP contribution in [0.3, 0.4) is 0 Å². The average Bonchev–Trinajstić information content (AvgIpc) is 2.42. The first-order valence-corrected chi connectivity index (χ1v) is 8.15. The topological polar surface area (TPSA) is 74.1 Å². The molecule has 0 aliphatic heterocycles. The lowest BCUT2D eigenvalue weighted by atomic mass is 10.1. The number of aromatic nitrogens is 1. The first-order chi connectivity index (χ1) is 9.42. The Hall–Kier alpha value is -2.13. The van der Waals surface area contributed by atoms with Crippen LogP contribution in [0.15, 0.2) is 30.5 Å². The molecule has 1 heterocycles. The van der Waals surface area contributed by atoms with Crippen LogP contribution >= 0.6 is 0 Å². The van der Waals surface area contributed by atoms with Gasteiger partial charge in [0.05, 0.1) is 22.5 Å². The maximum absolute atomic E-state index is 11.3. The number of anilines is 1. The summed E-state index contributed by atoms with van der Waals surface area (Å²) in [6.07, 6.45) is 2.73. The highest BCUT2D eigenvalue weighted by molar-refractivity contribution is 7.90. The number of nitrogens with zero attached hydrogens (tertiary/aromatic N) is 3. The molecule has 0 aliphatic carbocycles. The molecule has 0 saturated heterocycles. The van der Waals surface area contributed by atoms with Crippen molar-refractivity contribution < 1.29 is 8.42 Å². The third kappa shape index (κ3) is 3.06. The van der Waals surface area contributed by atoms with E-state index in [2.05, 4.69) is 11.1 Å². The Kier molecular flexibility index (Phi) is 3.91. The molecule has 6 heteroatoms. The summed E-state index contributed by atoms with van der Waals surface area (Å²) in [6, 6.07) is 9.61. The summed E-state index contributed by atoms with van der Waals surface area (Å²) < 4.78 is 22.6. The third-order valence-electron chi connectivity index (χ3n) is 3.05. The number of hydrogen-bond acceptors (Lipinski definition) is 5. The van der Waals surface area contributed by atoms with Crippen molar-refractivity contribution in [3.05, 3.63) is 36.0 Å². The van der Waals surface area contributed by atoms with Gasteiger partial charge in [0.1, 0.15) is 15.9 Å². The molecule has 2 aromatic rings. The molecule has 0 radical (unpaired) electrons. The second-order valence-electron chi connectivity index (χ2n) is 4.70. The van der Waals surface area contributed by atoms with Gasteiger partial charge in [-0.15, -0.1) is 0 Å². The Balaban J connectivity index is 2.48. The Morgan fingerprint density at radius 2 is 2.05 bits per heavy atom. The van der Waals surface area contributed by atoms with Gasteiger partial charge in [0.2, 0.25) is 0 Å². The summed E-state index contributed by atoms with van der Waals surface area (Å²) in [5.74, 6) is 0.0466. The van der Waals surface area contributed by atoms with E-state index in [0.29, 0.717) is 12.1 Å². The van der Waals surface area contributed by atoms with Crippen LogP contribution in [0.5, 0.6) is 0 Å². The van der Waals surface area contributed by atoms with E-state index in [9.17, 15) is 13.7 Å². The van der Waals surface area contributed by atoms with Crippen molar-refractivity contribution in [3.8, 4) is 6.07 Å². The smallest absolute Gasteiger partial charge is 0.149 e. The van der Waals surface area contributed by atoms with E-state index in [1.807, 2.05) is 24.3 Å². The van der Waals surface area contributed by atoms with Gasteiger partial charge in [-0.1, -0.05) is 18.2 Å². The lowest BCUT2D eigenvalue weighted by Crippen LogP contribution is -2.25. The van der Waals surface area contributed by atoms with Gasteiger partial charge in [0.25, 0.3) is 0 Å². The van der Waals surface area contributed by atoms with Crippen LogP contribution in [0.2, 0.25) is 0 Å². The monoisotopic (exact) mass is 289 g/mol. The molecule has 0 aliphatic rings. The number of fused-ring (bicyclic) bond motifs is 1. The van der Waals surface area contributed by atoms with Crippen molar-refractivity contribution in [2.24, 2.45) is 0 Å². The number of nitriles is 1. The summed E-state index contributed by atoms with van der Waals surface area (Å²) in [4.78, 5) is 6.03. The molecule has 5 nitrogen and oxygen atoms in total. The molecular weight excluding hydrogens is 274 g/mol. The molecule has 0 unspecified atom stereocenters. The van der Waals surface area contributed by atoms with Gasteiger partial charge in [0, 0.05) is 31.4 Å². The van der Waals surface area contributed by atoms with Crippen LogP contribution in [0.4, 0.5) is 5.69 Å². The van der Waals surface area contributed by atoms with Crippen LogP contribution in [0.25, 0.3) is 10.9 Å². The minimum Gasteiger partial charge on any atom is -0.372 e. The van der Waals surface area contributed by atoms with Gasteiger partial charge in [-0.3, -0.25) is 4.98 Å². The summed E-state index contributed by atoms with van der Waals surface area (Å²) in [5.41, 5.74) is 1.95. The Labute approximate surface area is 118 Å². The van der Waals surface area contributed by atoms with Crippen molar-refractivity contribution in [2.45, 2.75) is 0 Å². The maximum atomic E-state index is 11.3. The Morgan fingerprint density at radius 1 is 1.35 bits per heavy atom. The molecular formula is C14H15N3O2S. The summed E-state index contributed by atoms with van der Waals surface area (Å²) >= 11 is 0. The van der Waals surface area contributed by atoms with Crippen molar-refractivity contribution in [1.29, 1.82) is 5.26 Å². The van der Waals surface area contributed by atoms with E-state index < -0.39 is 9.84 Å². The van der Waals surface area contributed by atoms with Gasteiger partial charge in [-0.05, 0) is 6.07 Å². The van der Waals surface area contributed by atoms with Gasteiger partial charge >= 0.3 is 0 Å². The highest BCUT2D eigenvalue weighted by Crippen LogP contribution is 2.28.